The van der Waals surface area contributed by atoms with E-state index in [4.69, 9.17) is 0 Å². The molecular formula is C17H16O3. The van der Waals surface area contributed by atoms with E-state index in [1.54, 1.807) is 0 Å². The van der Waals surface area contributed by atoms with Crippen molar-refractivity contribution in [3.8, 4) is 0 Å². The number of carbonyl (C=O) groups is 2. The molecule has 0 radical (unpaired) electrons. The Morgan fingerprint density at radius 2 is 1.10 bits per heavy atom. The molecule has 0 aromatic carbocycles. The fraction of sp³-hybridized carbons (Fsp3) is 0.765. The van der Waals surface area contributed by atoms with Crippen LogP contribution in [0.15, 0.2) is 12.2 Å². The van der Waals surface area contributed by atoms with E-state index in [1.165, 1.54) is 0 Å². The van der Waals surface area contributed by atoms with Gasteiger partial charge < -0.3 is 5.11 Å². The molecule has 0 amide bonds. The summed E-state index contributed by atoms with van der Waals surface area (Å²) in [5, 5.41) is 10.6. The Bertz CT molecular complexity index is 595. The molecule has 0 aromatic heterocycles. The SMILES string of the molecule is O=C1[C@H]2[C@H]3C4C5[C@@H](C=C[C@@H]52)[C@H]2C(=O)[C@H]5C(O)[C@@H]1[C@H]3[C@H]5[C@@H]42. The maximum absolute atomic E-state index is 12.9. The largest absolute Gasteiger partial charge is 0.392 e. The van der Waals surface area contributed by atoms with Crippen LogP contribution in [0.4, 0.5) is 0 Å². The standard InChI is InChI=1S/C17H16O3/c18-15-6-3-1-2-4-5(3)8-9(6)11-12-10(8)7(4)16(19)14(12)17(20)13(11)15/h1-14,17,20H/t3-,4+,5?,6-,7-,8?,9-,10+,11-,12-,13+,14-,17?/m1/s1. The third-order valence-electron chi connectivity index (χ3n) is 8.65. The van der Waals surface area contributed by atoms with Crippen molar-refractivity contribution in [3.63, 3.8) is 0 Å². The first-order chi connectivity index (χ1) is 9.72. The Morgan fingerprint density at radius 1 is 0.650 bits per heavy atom. The second-order valence-electron chi connectivity index (χ2n) is 8.40. The molecule has 7 rings (SSSR count). The van der Waals surface area contributed by atoms with E-state index in [1.807, 2.05) is 0 Å². The van der Waals surface area contributed by atoms with E-state index >= 15 is 0 Å². The van der Waals surface area contributed by atoms with Gasteiger partial charge in [-0.2, -0.15) is 0 Å². The van der Waals surface area contributed by atoms with Crippen LogP contribution in [0.25, 0.3) is 0 Å². The Morgan fingerprint density at radius 3 is 1.60 bits per heavy atom. The first-order valence-electron chi connectivity index (χ1n) is 8.15. The number of aliphatic hydroxyl groups excluding tert-OH is 1. The molecule has 102 valence electrons. The summed E-state index contributed by atoms with van der Waals surface area (Å²) in [5.41, 5.74) is 0. The second-order valence-corrected chi connectivity index (χ2v) is 8.40. The lowest BCUT2D eigenvalue weighted by Gasteiger charge is -2.25. The van der Waals surface area contributed by atoms with Gasteiger partial charge in [0, 0.05) is 23.7 Å². The van der Waals surface area contributed by atoms with Crippen molar-refractivity contribution < 1.29 is 14.7 Å². The molecule has 0 spiro atoms. The van der Waals surface area contributed by atoms with Gasteiger partial charge in [0.2, 0.25) is 0 Å². The Hall–Kier alpha value is -0.960. The van der Waals surface area contributed by atoms with Gasteiger partial charge in [-0.15, -0.1) is 0 Å². The number of hydrogen-bond acceptors (Lipinski definition) is 3. The average Bonchev–Trinajstić information content (AvgIpc) is 3.11. The van der Waals surface area contributed by atoms with E-state index in [-0.39, 0.29) is 23.7 Å². The molecule has 0 aromatic rings. The van der Waals surface area contributed by atoms with Crippen molar-refractivity contribution in [2.75, 3.05) is 0 Å². The minimum atomic E-state index is -0.653. The van der Waals surface area contributed by atoms with Crippen molar-refractivity contribution in [2.45, 2.75) is 6.10 Å². The quantitative estimate of drug-likeness (QED) is 0.652. The molecule has 20 heavy (non-hydrogen) atoms. The minimum absolute atomic E-state index is 0.191. The molecule has 0 saturated heterocycles. The molecule has 1 N–H and O–H groups in total. The van der Waals surface area contributed by atoms with Gasteiger partial charge in [-0.3, -0.25) is 9.59 Å². The van der Waals surface area contributed by atoms with Crippen molar-refractivity contribution in [2.24, 2.45) is 71.0 Å². The van der Waals surface area contributed by atoms with Crippen LogP contribution in [0.5, 0.6) is 0 Å². The van der Waals surface area contributed by atoms with Crippen LogP contribution in [0.1, 0.15) is 0 Å². The maximum atomic E-state index is 12.9. The Labute approximate surface area is 116 Å². The number of allylic oxidation sites excluding steroid dienone is 2. The van der Waals surface area contributed by atoms with Crippen molar-refractivity contribution in [1.82, 2.24) is 0 Å². The minimum Gasteiger partial charge on any atom is -0.392 e. The highest BCUT2D eigenvalue weighted by Gasteiger charge is 2.84. The number of Topliss-reactive ketones (excluding diaryl/α,β-unsaturated/α-hetero) is 2. The van der Waals surface area contributed by atoms with E-state index < -0.39 is 6.10 Å². The number of ketones is 2. The van der Waals surface area contributed by atoms with E-state index in [0.717, 1.165) is 0 Å². The molecule has 0 heterocycles. The van der Waals surface area contributed by atoms with Gasteiger partial charge in [-0.1, -0.05) is 12.2 Å². The highest BCUT2D eigenvalue weighted by Crippen LogP contribution is 2.82. The first kappa shape index (κ1) is 9.88. The summed E-state index contributed by atoms with van der Waals surface area (Å²) in [6.45, 7) is 0. The lowest BCUT2D eigenvalue weighted by Crippen LogP contribution is -2.37. The zero-order chi connectivity index (χ0) is 13.1. The predicted molar refractivity (Wildman–Crippen MR) is 67.0 cm³/mol. The van der Waals surface area contributed by atoms with Crippen molar-refractivity contribution in [1.29, 1.82) is 0 Å². The van der Waals surface area contributed by atoms with Gasteiger partial charge in [-0.05, 0) is 47.3 Å². The zero-order valence-electron chi connectivity index (χ0n) is 10.9. The molecule has 0 bridgehead atoms. The van der Waals surface area contributed by atoms with Crippen molar-refractivity contribution in [3.05, 3.63) is 12.2 Å². The van der Waals surface area contributed by atoms with Gasteiger partial charge in [0.25, 0.3) is 0 Å². The summed E-state index contributed by atoms with van der Waals surface area (Å²) in [6, 6.07) is 0. The summed E-state index contributed by atoms with van der Waals surface area (Å²) in [5.74, 6) is 4.40. The molecule has 3 nitrogen and oxygen atoms in total. The fourth-order valence-corrected chi connectivity index (χ4v) is 8.82. The number of rotatable bonds is 0. The van der Waals surface area contributed by atoms with Crippen LogP contribution in [0.3, 0.4) is 0 Å². The fourth-order valence-electron chi connectivity index (χ4n) is 8.82. The van der Waals surface area contributed by atoms with E-state index in [0.29, 0.717) is 58.9 Å². The number of carbonyl (C=O) groups excluding carboxylic acids is 2. The topological polar surface area (TPSA) is 54.4 Å². The zero-order valence-corrected chi connectivity index (χ0v) is 10.9. The number of hydrogen-bond donors (Lipinski definition) is 1. The van der Waals surface area contributed by atoms with Gasteiger partial charge in [-0.25, -0.2) is 0 Å². The second kappa shape index (κ2) is 2.47. The molecule has 7 aliphatic carbocycles. The summed E-state index contributed by atoms with van der Waals surface area (Å²) >= 11 is 0. The highest BCUT2D eigenvalue weighted by atomic mass is 16.3. The summed E-state index contributed by atoms with van der Waals surface area (Å²) in [7, 11) is 0. The molecular weight excluding hydrogens is 252 g/mol. The van der Waals surface area contributed by atoms with Crippen LogP contribution in [0, 0.1) is 71.0 Å². The summed E-state index contributed by atoms with van der Waals surface area (Å²) in [6.07, 6.45) is 3.87. The van der Waals surface area contributed by atoms with Crippen LogP contribution >= 0.6 is 0 Å². The summed E-state index contributed by atoms with van der Waals surface area (Å²) < 4.78 is 0. The average molecular weight is 268 g/mol. The van der Waals surface area contributed by atoms with Gasteiger partial charge in [0.05, 0.1) is 6.10 Å². The van der Waals surface area contributed by atoms with Crippen LogP contribution in [0.2, 0.25) is 0 Å². The highest BCUT2D eigenvalue weighted by molar-refractivity contribution is 5.96. The third-order valence-corrected chi connectivity index (χ3v) is 8.65. The third kappa shape index (κ3) is 0.621. The predicted octanol–water partition coefficient (Wildman–Crippen LogP) is 0.531. The van der Waals surface area contributed by atoms with Crippen molar-refractivity contribution >= 4 is 11.6 Å². The van der Waals surface area contributed by atoms with E-state index in [9.17, 15) is 14.7 Å². The molecule has 7 aliphatic rings. The number of aliphatic hydroxyl groups is 1. The van der Waals surface area contributed by atoms with Gasteiger partial charge >= 0.3 is 0 Å². The molecule has 6 fully saturated rings. The molecule has 3 heteroatoms. The lowest BCUT2D eigenvalue weighted by molar-refractivity contribution is -0.133. The normalized spacial score (nSPS) is 75.8. The van der Waals surface area contributed by atoms with Crippen LogP contribution in [-0.4, -0.2) is 22.8 Å². The van der Waals surface area contributed by atoms with Crippen LogP contribution in [-0.2, 0) is 9.59 Å². The smallest absolute Gasteiger partial charge is 0.142 e. The monoisotopic (exact) mass is 268 g/mol. The van der Waals surface area contributed by atoms with Crippen LogP contribution < -0.4 is 0 Å². The summed E-state index contributed by atoms with van der Waals surface area (Å²) in [4.78, 5) is 25.7. The molecule has 6 saturated carbocycles. The van der Waals surface area contributed by atoms with E-state index in [2.05, 4.69) is 12.2 Å². The first-order valence-corrected chi connectivity index (χ1v) is 8.15. The molecule has 13 atom stereocenters. The Balaban J connectivity index is 1.60. The van der Waals surface area contributed by atoms with Gasteiger partial charge in [0.15, 0.2) is 0 Å². The molecule has 0 aliphatic heterocycles. The van der Waals surface area contributed by atoms with Gasteiger partial charge in [0.1, 0.15) is 11.6 Å². The maximum Gasteiger partial charge on any atom is 0.142 e. The number of fused-ring (bicyclic) bond motifs is 2. The molecule has 3 unspecified atom stereocenters. The Kier molecular flexibility index (Phi) is 1.22. The lowest BCUT2D eigenvalue weighted by atomic mass is 9.78.